The number of aliphatic hydroxyl groups excluding tert-OH is 1. The van der Waals surface area contributed by atoms with Crippen LogP contribution < -0.4 is 14.8 Å². The second-order valence-electron chi connectivity index (χ2n) is 11.3. The molecule has 0 radical (unpaired) electrons. The number of carbonyl (C=O) groups is 1. The standard InChI is InChI=1S/C30H37N3O5/c1-19(34)27-31-17-26(18-32-27)37-24-13-9-21(10-14-24)30(5,6)20-7-11-23(12-8-20)36-25-15-22(16-25)33-28(35)38-29(2,3)4/h7-14,17-19,22,25,34H,15-16H2,1-6H3,(H,33,35). The molecule has 0 saturated heterocycles. The third kappa shape index (κ3) is 7.01. The van der Waals surface area contributed by atoms with Crippen LogP contribution in [0.15, 0.2) is 60.9 Å². The first-order valence-corrected chi connectivity index (χ1v) is 12.9. The number of hydrogen-bond donors (Lipinski definition) is 2. The van der Waals surface area contributed by atoms with Crippen LogP contribution in [0.4, 0.5) is 4.79 Å². The summed E-state index contributed by atoms with van der Waals surface area (Å²) in [6, 6.07) is 16.2. The Balaban J connectivity index is 1.30. The van der Waals surface area contributed by atoms with Crippen molar-refractivity contribution in [3.63, 3.8) is 0 Å². The van der Waals surface area contributed by atoms with Gasteiger partial charge < -0.3 is 24.6 Å². The Labute approximate surface area is 224 Å². The summed E-state index contributed by atoms with van der Waals surface area (Å²) in [5.41, 5.74) is 1.59. The average molecular weight is 520 g/mol. The third-order valence-electron chi connectivity index (χ3n) is 6.53. The molecule has 1 heterocycles. The van der Waals surface area contributed by atoms with Gasteiger partial charge in [-0.3, -0.25) is 0 Å². The number of hydrogen-bond acceptors (Lipinski definition) is 7. The molecule has 1 unspecified atom stereocenters. The van der Waals surface area contributed by atoms with Crippen LogP contribution in [0.25, 0.3) is 0 Å². The number of aliphatic hydroxyl groups is 1. The summed E-state index contributed by atoms with van der Waals surface area (Å²) in [7, 11) is 0. The molecular formula is C30H37N3O5. The van der Waals surface area contributed by atoms with Crippen molar-refractivity contribution in [2.75, 3.05) is 0 Å². The van der Waals surface area contributed by atoms with Crippen molar-refractivity contribution in [3.8, 4) is 17.2 Å². The van der Waals surface area contributed by atoms with E-state index in [1.807, 2.05) is 45.0 Å². The number of nitrogens with zero attached hydrogens (tertiary/aromatic N) is 2. The predicted octanol–water partition coefficient (Wildman–Crippen LogP) is 6.08. The molecule has 3 aromatic rings. The van der Waals surface area contributed by atoms with Crippen molar-refractivity contribution in [2.24, 2.45) is 0 Å². The van der Waals surface area contributed by atoms with Crippen molar-refractivity contribution >= 4 is 6.09 Å². The Hall–Kier alpha value is -3.65. The molecule has 2 aromatic carbocycles. The molecule has 1 aliphatic carbocycles. The van der Waals surface area contributed by atoms with Gasteiger partial charge in [0.15, 0.2) is 11.6 Å². The maximum atomic E-state index is 11.9. The molecular weight excluding hydrogens is 482 g/mol. The van der Waals surface area contributed by atoms with E-state index < -0.39 is 11.7 Å². The number of alkyl carbamates (subject to hydrolysis) is 1. The summed E-state index contributed by atoms with van der Waals surface area (Å²) < 4.78 is 17.3. The van der Waals surface area contributed by atoms with Gasteiger partial charge in [-0.25, -0.2) is 14.8 Å². The molecule has 2 N–H and O–H groups in total. The quantitative estimate of drug-likeness (QED) is 0.372. The molecule has 0 spiro atoms. The van der Waals surface area contributed by atoms with Crippen LogP contribution in [-0.4, -0.2) is 38.9 Å². The minimum Gasteiger partial charge on any atom is -0.490 e. The molecule has 4 rings (SSSR count). The Morgan fingerprint density at radius 1 is 0.895 bits per heavy atom. The number of rotatable bonds is 8. The highest BCUT2D eigenvalue weighted by Crippen LogP contribution is 2.35. The minimum absolute atomic E-state index is 0.0787. The Morgan fingerprint density at radius 2 is 1.42 bits per heavy atom. The lowest BCUT2D eigenvalue weighted by molar-refractivity contribution is 0.0363. The highest BCUT2D eigenvalue weighted by atomic mass is 16.6. The molecule has 0 aliphatic heterocycles. The van der Waals surface area contributed by atoms with E-state index in [0.717, 1.165) is 24.2 Å². The number of nitrogens with one attached hydrogen (secondary N) is 1. The first-order valence-electron chi connectivity index (χ1n) is 12.9. The fourth-order valence-corrected chi connectivity index (χ4v) is 4.23. The van der Waals surface area contributed by atoms with Gasteiger partial charge in [0.05, 0.1) is 12.4 Å². The van der Waals surface area contributed by atoms with Crippen LogP contribution >= 0.6 is 0 Å². The molecule has 0 bridgehead atoms. The van der Waals surface area contributed by atoms with Crippen molar-refractivity contribution in [1.29, 1.82) is 0 Å². The van der Waals surface area contributed by atoms with E-state index >= 15 is 0 Å². The summed E-state index contributed by atoms with van der Waals surface area (Å²) in [5.74, 6) is 2.37. The van der Waals surface area contributed by atoms with Crippen LogP contribution in [-0.2, 0) is 10.2 Å². The van der Waals surface area contributed by atoms with Gasteiger partial charge in [0.25, 0.3) is 0 Å². The molecule has 1 aliphatic rings. The number of amides is 1. The second-order valence-corrected chi connectivity index (χ2v) is 11.3. The van der Waals surface area contributed by atoms with Crippen molar-refractivity contribution < 1.29 is 24.1 Å². The molecule has 1 saturated carbocycles. The van der Waals surface area contributed by atoms with E-state index in [1.54, 1.807) is 19.3 Å². The first-order chi connectivity index (χ1) is 17.9. The minimum atomic E-state index is -0.718. The predicted molar refractivity (Wildman–Crippen MR) is 145 cm³/mol. The zero-order valence-corrected chi connectivity index (χ0v) is 22.9. The van der Waals surface area contributed by atoms with Crippen LogP contribution in [0.1, 0.15) is 77.4 Å². The fraction of sp³-hybridized carbons (Fsp3) is 0.433. The molecule has 8 heteroatoms. The van der Waals surface area contributed by atoms with E-state index in [4.69, 9.17) is 14.2 Å². The average Bonchev–Trinajstić information content (AvgIpc) is 2.82. The van der Waals surface area contributed by atoms with Gasteiger partial charge in [-0.2, -0.15) is 0 Å². The van der Waals surface area contributed by atoms with Gasteiger partial charge in [-0.1, -0.05) is 38.1 Å². The highest BCUT2D eigenvalue weighted by Gasteiger charge is 2.33. The summed E-state index contributed by atoms with van der Waals surface area (Å²) in [6.45, 7) is 11.5. The summed E-state index contributed by atoms with van der Waals surface area (Å²) in [6.07, 6.45) is 3.61. The number of ether oxygens (including phenoxy) is 3. The lowest BCUT2D eigenvalue weighted by Crippen LogP contribution is -2.50. The largest absolute Gasteiger partial charge is 0.490 e. The van der Waals surface area contributed by atoms with Crippen LogP contribution in [0.5, 0.6) is 17.2 Å². The summed E-state index contributed by atoms with van der Waals surface area (Å²) in [5, 5.41) is 12.4. The Morgan fingerprint density at radius 3 is 1.92 bits per heavy atom. The zero-order chi connectivity index (χ0) is 27.5. The van der Waals surface area contributed by atoms with E-state index in [1.165, 1.54) is 5.56 Å². The van der Waals surface area contributed by atoms with E-state index in [2.05, 4.69) is 53.4 Å². The van der Waals surface area contributed by atoms with Gasteiger partial charge in [-0.05, 0) is 63.1 Å². The smallest absolute Gasteiger partial charge is 0.407 e. The van der Waals surface area contributed by atoms with Gasteiger partial charge in [0.1, 0.15) is 29.3 Å². The second kappa shape index (κ2) is 11.0. The van der Waals surface area contributed by atoms with Crippen LogP contribution in [0.2, 0.25) is 0 Å². The van der Waals surface area contributed by atoms with Gasteiger partial charge >= 0.3 is 6.09 Å². The Kier molecular flexibility index (Phi) is 7.92. The molecule has 1 fully saturated rings. The number of benzene rings is 2. The molecule has 8 nitrogen and oxygen atoms in total. The van der Waals surface area contributed by atoms with Gasteiger partial charge in [0, 0.05) is 24.3 Å². The maximum absolute atomic E-state index is 11.9. The lowest BCUT2D eigenvalue weighted by Gasteiger charge is -2.36. The van der Waals surface area contributed by atoms with Gasteiger partial charge in [-0.15, -0.1) is 0 Å². The first kappa shape index (κ1) is 27.4. The molecule has 1 aromatic heterocycles. The molecule has 38 heavy (non-hydrogen) atoms. The fourth-order valence-electron chi connectivity index (χ4n) is 4.23. The van der Waals surface area contributed by atoms with Crippen molar-refractivity contribution in [2.45, 2.75) is 83.6 Å². The van der Waals surface area contributed by atoms with Crippen LogP contribution in [0, 0.1) is 0 Å². The van der Waals surface area contributed by atoms with Crippen LogP contribution in [0.3, 0.4) is 0 Å². The SMILES string of the molecule is CC(O)c1ncc(Oc2ccc(C(C)(C)c3ccc(OC4CC(NC(=O)OC(C)(C)C)C4)cc3)cc2)cn1. The van der Waals surface area contributed by atoms with Crippen molar-refractivity contribution in [3.05, 3.63) is 77.9 Å². The Bertz CT molecular complexity index is 1210. The maximum Gasteiger partial charge on any atom is 0.407 e. The topological polar surface area (TPSA) is 103 Å². The molecule has 1 atom stereocenters. The number of carbonyl (C=O) groups excluding carboxylic acids is 1. The van der Waals surface area contributed by atoms with Crippen molar-refractivity contribution in [1.82, 2.24) is 15.3 Å². The van der Waals surface area contributed by atoms with E-state index in [0.29, 0.717) is 17.3 Å². The highest BCUT2D eigenvalue weighted by molar-refractivity contribution is 5.68. The summed E-state index contributed by atoms with van der Waals surface area (Å²) >= 11 is 0. The summed E-state index contributed by atoms with van der Waals surface area (Å²) in [4.78, 5) is 20.1. The lowest BCUT2D eigenvalue weighted by atomic mass is 9.78. The van der Waals surface area contributed by atoms with E-state index in [9.17, 15) is 9.90 Å². The third-order valence-corrected chi connectivity index (χ3v) is 6.53. The van der Waals surface area contributed by atoms with E-state index in [-0.39, 0.29) is 23.7 Å². The molecule has 202 valence electrons. The normalized spacial score (nSPS) is 18.2. The van der Waals surface area contributed by atoms with Gasteiger partial charge in [0.2, 0.25) is 0 Å². The molecule has 1 amide bonds. The zero-order valence-electron chi connectivity index (χ0n) is 22.9. The monoisotopic (exact) mass is 519 g/mol. The number of aromatic nitrogens is 2.